The minimum absolute atomic E-state index is 0.0152. The van der Waals surface area contributed by atoms with Crippen molar-refractivity contribution in [2.45, 2.75) is 299 Å². The van der Waals surface area contributed by atoms with Crippen LogP contribution in [-0.2, 0) is 38.8 Å². The molecule has 8 saturated carbocycles. The van der Waals surface area contributed by atoms with Gasteiger partial charge in [-0.3, -0.25) is 9.11 Å². The van der Waals surface area contributed by atoms with E-state index in [0.29, 0.717) is 107 Å². The average molecular weight is 1440 g/mol. The number of hydrogen-bond donors (Lipinski definition) is 14. The van der Waals surface area contributed by atoms with Gasteiger partial charge in [-0.25, -0.2) is 18.0 Å². The number of aliphatic hydroxyl groups excluding tert-OH is 4. The maximum absolute atomic E-state index is 11.8. The molecular weight excluding hydrogens is 1290 g/mol. The van der Waals surface area contributed by atoms with E-state index in [1.54, 1.807) is 0 Å². The molecule has 8 aliphatic carbocycles. The van der Waals surface area contributed by atoms with Gasteiger partial charge in [0.1, 0.15) is 12.2 Å². The summed E-state index contributed by atoms with van der Waals surface area (Å²) in [4.78, 5) is 18.9. The minimum Gasteiger partial charge on any atom is -0.479 e. The molecule has 16 N–H and O–H groups in total. The number of unbranched alkanes of at least 4 members (excludes halogenated alkanes) is 2. The fourth-order valence-corrected chi connectivity index (χ4v) is 22.7. The maximum Gasteiger partial charge on any atom is 0.397 e. The van der Waals surface area contributed by atoms with Crippen LogP contribution < -0.4 is 32.7 Å². The third-order valence-corrected chi connectivity index (χ3v) is 27.9. The first-order chi connectivity index (χ1) is 45.9. The maximum atomic E-state index is 11.8. The van der Waals surface area contributed by atoms with Crippen LogP contribution in [0.3, 0.4) is 0 Å². The van der Waals surface area contributed by atoms with Crippen molar-refractivity contribution in [3.63, 3.8) is 0 Å². The van der Waals surface area contributed by atoms with Crippen LogP contribution in [0.4, 0.5) is 0 Å². The first-order valence-electron chi connectivity index (χ1n) is 38.7. The van der Waals surface area contributed by atoms with Gasteiger partial charge in [-0.1, -0.05) is 69.2 Å². The SMILES string of the molecule is CC(C)[C@@H](CC[C@@H](C)[C@H]1CCC2C3C(CC[C@@]21C)[C@@]1(C)CC[C@H](NCCCNCCCCN)C[C@@H]1C[C@H]3O)OS(=O)(=O)O.CC(C)[C@@H](CC[C@@H](C)[C@H]1CCC2C3C(CC[C@@]21C)[C@@]1(C)CC[C@H](NCCCNCCCCN)C[C@@H]1C[C@H]3O)OS(=O)(=O)O.C[C@H](O)C(=O)O.C[C@H](O)C(=O)O. The molecule has 8 rings (SSSR count). The van der Waals surface area contributed by atoms with Crippen molar-refractivity contribution in [2.24, 2.45) is 116 Å². The van der Waals surface area contributed by atoms with E-state index in [2.05, 4.69) is 62.8 Å². The Labute approximate surface area is 592 Å². The summed E-state index contributed by atoms with van der Waals surface area (Å²) in [6, 6.07) is 1.15. The fourth-order valence-electron chi connectivity index (χ4n) is 21.4. The lowest BCUT2D eigenvalue weighted by molar-refractivity contribution is -0.167. The van der Waals surface area contributed by atoms with E-state index in [-0.39, 0.29) is 34.9 Å². The quantitative estimate of drug-likeness (QED) is 0.0210. The second-order valence-electron chi connectivity index (χ2n) is 33.8. The highest BCUT2D eigenvalue weighted by atomic mass is 32.3. The molecule has 0 aromatic carbocycles. The molecule has 0 aromatic rings. The normalized spacial score (nSPS) is 36.1. The van der Waals surface area contributed by atoms with Crippen molar-refractivity contribution < 1.29 is 74.5 Å². The summed E-state index contributed by atoms with van der Waals surface area (Å²) in [5.41, 5.74) is 12.3. The Morgan fingerprint density at radius 2 is 0.776 bits per heavy atom. The van der Waals surface area contributed by atoms with Crippen LogP contribution in [-0.4, -0.2) is 170 Å². The Morgan fingerprint density at radius 3 is 1.08 bits per heavy atom. The molecule has 22 nitrogen and oxygen atoms in total. The van der Waals surface area contributed by atoms with Crippen LogP contribution in [0.5, 0.6) is 0 Å². The number of nitrogens with one attached hydrogen (secondary N) is 4. The summed E-state index contributed by atoms with van der Waals surface area (Å²) in [5, 5.41) is 69.9. The molecule has 0 bridgehead atoms. The van der Waals surface area contributed by atoms with Crippen LogP contribution in [0, 0.1) is 105 Å². The smallest absolute Gasteiger partial charge is 0.397 e. The first-order valence-corrected chi connectivity index (χ1v) is 41.4. The van der Waals surface area contributed by atoms with Gasteiger partial charge in [-0.05, 0) is 338 Å². The van der Waals surface area contributed by atoms with E-state index in [9.17, 15) is 45.7 Å². The number of rotatable bonds is 34. The highest BCUT2D eigenvalue weighted by Crippen LogP contribution is 2.70. The summed E-state index contributed by atoms with van der Waals surface area (Å²) in [5.74, 6) is 4.06. The van der Waals surface area contributed by atoms with Crippen LogP contribution in [0.2, 0.25) is 0 Å². The van der Waals surface area contributed by atoms with Crippen molar-refractivity contribution in [3.8, 4) is 0 Å². The third kappa shape index (κ3) is 24.2. The second-order valence-corrected chi connectivity index (χ2v) is 35.9. The van der Waals surface area contributed by atoms with Gasteiger partial charge in [0.05, 0.1) is 24.4 Å². The highest BCUT2D eigenvalue weighted by Gasteiger charge is 2.65. The summed E-state index contributed by atoms with van der Waals surface area (Å²) in [6.07, 6.45) is 25.0. The van der Waals surface area contributed by atoms with E-state index in [1.165, 1.54) is 104 Å². The van der Waals surface area contributed by atoms with Crippen LogP contribution in [0.15, 0.2) is 0 Å². The Hall–Kier alpha value is -1.72. The zero-order valence-electron chi connectivity index (χ0n) is 62.6. The number of fused-ring (bicyclic) bond motifs is 10. The highest BCUT2D eigenvalue weighted by molar-refractivity contribution is 7.81. The van der Waals surface area contributed by atoms with E-state index >= 15 is 0 Å². The van der Waals surface area contributed by atoms with Gasteiger partial charge in [0.2, 0.25) is 0 Å². The zero-order valence-corrected chi connectivity index (χ0v) is 64.2. The van der Waals surface area contributed by atoms with Crippen LogP contribution >= 0.6 is 0 Å². The molecule has 8 aliphatic rings. The summed E-state index contributed by atoms with van der Waals surface area (Å²) < 4.78 is 74.2. The lowest BCUT2D eigenvalue weighted by atomic mass is 9.43. The average Bonchev–Trinajstić information content (AvgIpc) is 1.34. The number of nitrogens with two attached hydrogens (primary N) is 2. The Kier molecular flexibility index (Phi) is 35.1. The number of carboxylic acid groups (broad SMARTS) is 2. The van der Waals surface area contributed by atoms with Crippen molar-refractivity contribution in [3.05, 3.63) is 0 Å². The number of aliphatic carboxylic acids is 2. The molecule has 0 spiro atoms. The molecule has 0 amide bonds. The number of aliphatic hydroxyl groups is 4. The van der Waals surface area contributed by atoms with Gasteiger partial charge in [0.25, 0.3) is 0 Å². The largest absolute Gasteiger partial charge is 0.479 e. The van der Waals surface area contributed by atoms with Crippen LogP contribution in [0.1, 0.15) is 250 Å². The predicted octanol–water partition coefficient (Wildman–Crippen LogP) is 10.0. The van der Waals surface area contributed by atoms with E-state index in [1.807, 2.05) is 27.7 Å². The fraction of sp³-hybridized carbons (Fsp3) is 0.973. The topological polar surface area (TPSA) is 383 Å². The van der Waals surface area contributed by atoms with Crippen molar-refractivity contribution >= 4 is 32.7 Å². The molecule has 24 heteroatoms. The molecule has 6 unspecified atom stereocenters. The van der Waals surface area contributed by atoms with Crippen molar-refractivity contribution in [1.82, 2.24) is 21.3 Å². The third-order valence-electron chi connectivity index (χ3n) is 26.9. The number of hydrogen-bond acceptors (Lipinski definition) is 18. The molecule has 0 radical (unpaired) electrons. The van der Waals surface area contributed by atoms with Gasteiger partial charge in [-0.2, -0.15) is 16.8 Å². The lowest BCUT2D eigenvalue weighted by Crippen LogP contribution is -2.59. The summed E-state index contributed by atoms with van der Waals surface area (Å²) >= 11 is 0. The van der Waals surface area contributed by atoms with Crippen molar-refractivity contribution in [1.29, 1.82) is 0 Å². The number of carboxylic acids is 2. The van der Waals surface area contributed by atoms with Gasteiger partial charge in [-0.15, -0.1) is 0 Å². The van der Waals surface area contributed by atoms with Gasteiger partial charge in [0, 0.05) is 12.1 Å². The van der Waals surface area contributed by atoms with Crippen LogP contribution in [0.25, 0.3) is 0 Å². The molecule has 24 atom stereocenters. The van der Waals surface area contributed by atoms with Gasteiger partial charge >= 0.3 is 32.7 Å². The monoisotopic (exact) mass is 1430 g/mol. The molecule has 576 valence electrons. The predicted molar refractivity (Wildman–Crippen MR) is 386 cm³/mol. The van der Waals surface area contributed by atoms with Crippen molar-refractivity contribution in [2.75, 3.05) is 52.4 Å². The molecule has 0 aromatic heterocycles. The molecule has 98 heavy (non-hydrogen) atoms. The standard InChI is InChI=1S/2C34H65N3O5S.2C3H6O3/c2*1-23(2)31(42-43(39,40)41)12-9-24(3)27-10-11-28-32-29(14-16-34(27,28)5)33(4)15-13-26(21-25(33)22-30(32)38)37-20-8-19-36-18-7-6-17-35;2*1-2(4)3(5)6/h2*23-32,36-38H,6-22,35H2,1-5H3,(H,39,40,41);2*2,4H,1H3,(H,5,6)/t2*24-,25-,26+,27-,28?,29?,30-,31-,32?,33+,34-;2*2-/m1100/s1. The molecule has 0 heterocycles. The van der Waals surface area contributed by atoms with Gasteiger partial charge in [0.15, 0.2) is 0 Å². The molecule has 0 saturated heterocycles. The molecule has 8 fully saturated rings. The molecule has 0 aliphatic heterocycles. The Morgan fingerprint density at radius 1 is 0.459 bits per heavy atom. The minimum atomic E-state index is -4.45. The first kappa shape index (κ1) is 86.9. The lowest BCUT2D eigenvalue weighted by Gasteiger charge is -2.62. The Balaban J connectivity index is 0.000000303. The van der Waals surface area contributed by atoms with E-state index in [0.717, 1.165) is 117 Å². The summed E-state index contributed by atoms with van der Waals surface area (Å²) in [6.45, 7) is 32.9. The molecular formula is C74H142N6O16S2. The summed E-state index contributed by atoms with van der Waals surface area (Å²) in [7, 11) is -8.91. The van der Waals surface area contributed by atoms with Gasteiger partial charge < -0.3 is 63.4 Å². The Bertz CT molecular complexity index is 2420. The zero-order chi connectivity index (χ0) is 73.1. The van der Waals surface area contributed by atoms with E-state index < -0.39 is 57.2 Å². The van der Waals surface area contributed by atoms with E-state index in [4.69, 9.17) is 40.3 Å². The second kappa shape index (κ2) is 39.6. The number of carbonyl (C=O) groups is 2.